The number of nitrogen functional groups attached to an aromatic ring is 2. The number of alkyl halides is 2. The van der Waals surface area contributed by atoms with Crippen molar-refractivity contribution in [2.24, 2.45) is 0 Å². The molecule has 7 rings (SSSR count). The van der Waals surface area contributed by atoms with Crippen molar-refractivity contribution >= 4 is 60.6 Å². The van der Waals surface area contributed by atoms with Crippen molar-refractivity contribution in [2.75, 3.05) is 43.1 Å². The number of anilines is 3. The number of thiophene rings is 1. The summed E-state index contributed by atoms with van der Waals surface area (Å²) in [5.41, 5.74) is 12.4. The van der Waals surface area contributed by atoms with E-state index in [0.29, 0.717) is 5.56 Å². The Hall–Kier alpha value is -4.65. The molecule has 10 nitrogen and oxygen atoms in total. The van der Waals surface area contributed by atoms with Crippen molar-refractivity contribution in [2.45, 2.75) is 63.6 Å². The summed E-state index contributed by atoms with van der Waals surface area (Å²) in [6.07, 6.45) is -0.371. The zero-order valence-corrected chi connectivity index (χ0v) is 30.0. The molecule has 272 valence electrons. The topological polar surface area (TPSA) is 139 Å². The molecule has 2 aliphatic rings. The number of rotatable bonds is 9. The van der Waals surface area contributed by atoms with Gasteiger partial charge in [-0.25, -0.2) is 22.5 Å². The molecule has 0 radical (unpaired) electrons. The third-order valence-electron chi connectivity index (χ3n) is 10.1. The Morgan fingerprint density at radius 3 is 2.63 bits per heavy atom. The number of pyridine rings is 1. The smallest absolute Gasteiger partial charge is 0.319 e. The molecule has 2 aromatic carbocycles. The maximum Gasteiger partial charge on any atom is 0.319 e. The van der Waals surface area contributed by atoms with Gasteiger partial charge in [-0.3, -0.25) is 4.90 Å². The van der Waals surface area contributed by atoms with E-state index >= 15 is 8.78 Å². The molecule has 1 saturated heterocycles. The van der Waals surface area contributed by atoms with E-state index in [1.54, 1.807) is 17.0 Å². The fourth-order valence-electron chi connectivity index (χ4n) is 7.71. The molecule has 2 aliphatic heterocycles. The molecule has 52 heavy (non-hydrogen) atoms. The molecule has 0 bridgehead atoms. The van der Waals surface area contributed by atoms with Crippen LogP contribution in [0.1, 0.15) is 50.2 Å². The van der Waals surface area contributed by atoms with Crippen LogP contribution in [-0.4, -0.2) is 71.2 Å². The van der Waals surface area contributed by atoms with E-state index in [-0.39, 0.29) is 90.3 Å². The van der Waals surface area contributed by atoms with Crippen LogP contribution in [0.5, 0.6) is 11.8 Å². The Balaban J connectivity index is 1.50. The van der Waals surface area contributed by atoms with Crippen LogP contribution < -0.4 is 25.8 Å². The first-order valence-corrected chi connectivity index (χ1v) is 18.0. The second kappa shape index (κ2) is 14.1. The van der Waals surface area contributed by atoms with Gasteiger partial charge in [0.1, 0.15) is 46.8 Å². The number of nitrogens with two attached hydrogens (primary N) is 2. The lowest BCUT2D eigenvalue weighted by Gasteiger charge is -2.36. The molecular formula is C36H35ClF4N8O2S. The van der Waals surface area contributed by atoms with Gasteiger partial charge < -0.3 is 25.8 Å². The lowest BCUT2D eigenvalue weighted by atomic mass is 9.88. The minimum Gasteiger partial charge on any atom is -0.489 e. The van der Waals surface area contributed by atoms with Gasteiger partial charge in [0.2, 0.25) is 6.43 Å². The first kappa shape index (κ1) is 35.7. The van der Waals surface area contributed by atoms with Gasteiger partial charge in [-0.15, -0.1) is 11.3 Å². The summed E-state index contributed by atoms with van der Waals surface area (Å²) >= 11 is 7.95. The molecule has 0 amide bonds. The minimum atomic E-state index is -2.72. The molecule has 5 heterocycles. The number of halogens is 5. The van der Waals surface area contributed by atoms with E-state index < -0.39 is 42.5 Å². The summed E-state index contributed by atoms with van der Waals surface area (Å²) < 4.78 is 74.0. The maximum atomic E-state index is 17.4. The van der Waals surface area contributed by atoms with Crippen molar-refractivity contribution in [1.82, 2.24) is 19.9 Å². The number of aromatic nitrogens is 3. The number of nitriles is 1. The fraction of sp³-hybridized carbons (Fsp3) is 0.389. The molecule has 3 aromatic heterocycles. The Morgan fingerprint density at radius 2 is 1.96 bits per heavy atom. The van der Waals surface area contributed by atoms with E-state index in [4.69, 9.17) is 37.5 Å². The van der Waals surface area contributed by atoms with Crippen molar-refractivity contribution in [1.29, 1.82) is 5.26 Å². The maximum absolute atomic E-state index is 17.4. The molecule has 0 saturated carbocycles. The second-order valence-corrected chi connectivity index (χ2v) is 14.5. The molecule has 5 aromatic rings. The molecule has 0 spiro atoms. The van der Waals surface area contributed by atoms with Crippen LogP contribution in [0.25, 0.3) is 32.1 Å². The van der Waals surface area contributed by atoms with Crippen LogP contribution in [0.2, 0.25) is 5.02 Å². The zero-order valence-electron chi connectivity index (χ0n) is 28.5. The largest absolute Gasteiger partial charge is 0.489 e. The zero-order chi connectivity index (χ0) is 37.0. The van der Waals surface area contributed by atoms with E-state index in [1.807, 2.05) is 27.0 Å². The standard InChI is InChI=1S/C36H35ClF4N8O2S/c1-4-49-23(19(13-24(39)40)17-7-5-11-45-33(17)43)15-50-31-27-30(46-36(47-35(27)49)51-16(2)22-8-6-12-48(22)3)29(41)26(28(31)37)18-9-10-21(38)32-25(18)20(14-42)34(44)52-32/h5,7,9-11,16,19,22-24H,4,6,8,12-13,15,44H2,1-3H3,(H2,43,45)/t16?,19-,22+,23?/m1/s1. The molecule has 1 fully saturated rings. The third-order valence-corrected chi connectivity index (χ3v) is 11.5. The van der Waals surface area contributed by atoms with Gasteiger partial charge in [-0.1, -0.05) is 23.7 Å². The number of likely N-dealkylation sites (N-methyl/N-ethyl adjacent to an activating group) is 2. The number of fused-ring (bicyclic) bond motifs is 1. The Kier molecular flexibility index (Phi) is 9.66. The van der Waals surface area contributed by atoms with E-state index in [2.05, 4.69) is 14.9 Å². The summed E-state index contributed by atoms with van der Waals surface area (Å²) in [4.78, 5) is 17.5. The normalized spacial score (nSPS) is 18.8. The highest BCUT2D eigenvalue weighted by molar-refractivity contribution is 7.23. The Labute approximate surface area is 305 Å². The van der Waals surface area contributed by atoms with Gasteiger partial charge in [0.25, 0.3) is 0 Å². The fourth-order valence-corrected chi connectivity index (χ4v) is 8.99. The highest BCUT2D eigenvalue weighted by atomic mass is 35.5. The van der Waals surface area contributed by atoms with E-state index in [9.17, 15) is 14.0 Å². The molecule has 2 unspecified atom stereocenters. The predicted octanol–water partition coefficient (Wildman–Crippen LogP) is 7.76. The number of likely N-dealkylation sites (tertiary alicyclic amines) is 1. The third kappa shape index (κ3) is 5.96. The van der Waals surface area contributed by atoms with Gasteiger partial charge >= 0.3 is 6.01 Å². The van der Waals surface area contributed by atoms with E-state index in [1.165, 1.54) is 12.3 Å². The molecular weight excluding hydrogens is 720 g/mol. The quantitative estimate of drug-likeness (QED) is 0.144. The van der Waals surface area contributed by atoms with Crippen molar-refractivity contribution in [3.63, 3.8) is 0 Å². The summed E-state index contributed by atoms with van der Waals surface area (Å²) in [6.45, 7) is 4.64. The number of nitrogens with zero attached hydrogens (tertiary/aromatic N) is 6. The monoisotopic (exact) mass is 754 g/mol. The first-order valence-electron chi connectivity index (χ1n) is 16.8. The van der Waals surface area contributed by atoms with Gasteiger partial charge in [-0.2, -0.15) is 15.2 Å². The predicted molar refractivity (Wildman–Crippen MR) is 194 cm³/mol. The van der Waals surface area contributed by atoms with Gasteiger partial charge in [-0.05, 0) is 63.5 Å². The van der Waals surface area contributed by atoms with Gasteiger partial charge in [0.15, 0.2) is 11.6 Å². The highest BCUT2D eigenvalue weighted by Gasteiger charge is 2.40. The lowest BCUT2D eigenvalue weighted by Crippen LogP contribution is -2.44. The van der Waals surface area contributed by atoms with Crippen LogP contribution in [0.15, 0.2) is 30.5 Å². The number of hydrogen-bond donors (Lipinski definition) is 2. The average molecular weight is 755 g/mol. The molecule has 16 heteroatoms. The summed E-state index contributed by atoms with van der Waals surface area (Å²) in [6, 6.07) is 6.84. The number of hydrogen-bond acceptors (Lipinski definition) is 11. The van der Waals surface area contributed by atoms with E-state index in [0.717, 1.165) is 36.8 Å². The SMILES string of the molecule is CCN1c2nc(OC(C)[C@@H]3CCCN3C)nc3c(F)c(-c4ccc(F)c5sc(N)c(C#N)c45)c(Cl)c(c23)OCC1[C@H](CC(F)F)c1cccnc1N. The van der Waals surface area contributed by atoms with Gasteiger partial charge in [0.05, 0.1) is 26.7 Å². The van der Waals surface area contributed by atoms with Crippen LogP contribution in [0, 0.1) is 23.0 Å². The van der Waals surface area contributed by atoms with Crippen LogP contribution in [0.4, 0.5) is 34.2 Å². The highest BCUT2D eigenvalue weighted by Crippen LogP contribution is 2.52. The van der Waals surface area contributed by atoms with Crippen LogP contribution in [0.3, 0.4) is 0 Å². The van der Waals surface area contributed by atoms with Crippen molar-refractivity contribution in [3.05, 3.63) is 58.2 Å². The molecule has 4 N–H and O–H groups in total. The summed E-state index contributed by atoms with van der Waals surface area (Å²) in [5, 5.41) is 10.0. The Bertz CT molecular complexity index is 2230. The Morgan fingerprint density at radius 1 is 1.17 bits per heavy atom. The number of ether oxygens (including phenoxy) is 2. The minimum absolute atomic E-state index is 0.00622. The second-order valence-electron chi connectivity index (χ2n) is 13.0. The summed E-state index contributed by atoms with van der Waals surface area (Å²) in [7, 11) is 2.00. The first-order chi connectivity index (χ1) is 24.9. The summed E-state index contributed by atoms with van der Waals surface area (Å²) in [5.74, 6) is -2.20. The molecule has 0 aliphatic carbocycles. The van der Waals surface area contributed by atoms with Crippen molar-refractivity contribution in [3.8, 4) is 29.0 Å². The van der Waals surface area contributed by atoms with Crippen LogP contribution in [-0.2, 0) is 0 Å². The number of benzene rings is 2. The van der Waals surface area contributed by atoms with Crippen molar-refractivity contribution < 1.29 is 27.0 Å². The molecule has 4 atom stereocenters. The van der Waals surface area contributed by atoms with Gasteiger partial charge in [0, 0.05) is 42.1 Å². The average Bonchev–Trinajstić information content (AvgIpc) is 3.65. The lowest BCUT2D eigenvalue weighted by molar-refractivity contribution is 0.112. The van der Waals surface area contributed by atoms with Crippen LogP contribution >= 0.6 is 22.9 Å².